The van der Waals surface area contributed by atoms with Gasteiger partial charge in [0, 0.05) is 23.4 Å². The monoisotopic (exact) mass is 407 g/mol. The molecular formula is C28H25NO2. The average Bonchev–Trinajstić information content (AvgIpc) is 3.06. The third-order valence-electron chi connectivity index (χ3n) is 5.92. The molecule has 5 rings (SSSR count). The van der Waals surface area contributed by atoms with Gasteiger partial charge in [0.25, 0.3) is 0 Å². The molecule has 1 aliphatic carbocycles. The van der Waals surface area contributed by atoms with E-state index in [2.05, 4.69) is 29.2 Å². The largest absolute Gasteiger partial charge is 0.427 e. The van der Waals surface area contributed by atoms with Crippen molar-refractivity contribution in [2.75, 3.05) is 4.90 Å². The third kappa shape index (κ3) is 3.79. The summed E-state index contributed by atoms with van der Waals surface area (Å²) in [5.41, 5.74) is 5.43. The van der Waals surface area contributed by atoms with Gasteiger partial charge in [0.15, 0.2) is 0 Å². The van der Waals surface area contributed by atoms with Crippen molar-refractivity contribution < 1.29 is 4.42 Å². The summed E-state index contributed by atoms with van der Waals surface area (Å²) < 4.78 is 5.95. The fourth-order valence-corrected chi connectivity index (χ4v) is 4.50. The Labute approximate surface area is 182 Å². The summed E-state index contributed by atoms with van der Waals surface area (Å²) in [6.07, 6.45) is 5.01. The molecule has 0 unspecified atom stereocenters. The maximum absolute atomic E-state index is 13.4. The van der Waals surface area contributed by atoms with Gasteiger partial charge < -0.3 is 9.32 Å². The molecule has 0 aliphatic heterocycles. The van der Waals surface area contributed by atoms with E-state index in [9.17, 15) is 4.79 Å². The van der Waals surface area contributed by atoms with Crippen LogP contribution in [0.3, 0.4) is 0 Å². The first kappa shape index (κ1) is 19.4. The number of hydrogen-bond acceptors (Lipinski definition) is 3. The molecule has 0 N–H and O–H groups in total. The highest BCUT2D eigenvalue weighted by Gasteiger charge is 2.27. The number of hydrogen-bond donors (Lipinski definition) is 0. The molecule has 0 fully saturated rings. The molecule has 0 atom stereocenters. The second kappa shape index (κ2) is 8.65. The Morgan fingerprint density at radius 2 is 1.19 bits per heavy atom. The van der Waals surface area contributed by atoms with Crippen LogP contribution in [0, 0.1) is 0 Å². The number of aryl methyl sites for hydroxylation is 1. The molecule has 0 radical (unpaired) electrons. The number of nitrogens with zero attached hydrogens (tertiary/aromatic N) is 1. The topological polar surface area (TPSA) is 33.5 Å². The Hall–Kier alpha value is -3.59. The molecule has 31 heavy (non-hydrogen) atoms. The Kier molecular flexibility index (Phi) is 5.40. The van der Waals surface area contributed by atoms with E-state index in [1.807, 2.05) is 66.7 Å². The lowest BCUT2D eigenvalue weighted by Crippen LogP contribution is -2.19. The lowest BCUT2D eigenvalue weighted by molar-refractivity contribution is 0.455. The van der Waals surface area contributed by atoms with Crippen LogP contribution in [-0.2, 0) is 12.8 Å². The number of fused-ring (bicyclic) bond motifs is 1. The quantitative estimate of drug-likeness (QED) is 0.340. The van der Waals surface area contributed by atoms with Crippen LogP contribution in [0.15, 0.2) is 100 Å². The third-order valence-corrected chi connectivity index (χ3v) is 5.92. The maximum atomic E-state index is 13.4. The molecule has 154 valence electrons. The number of benzene rings is 3. The van der Waals surface area contributed by atoms with Gasteiger partial charge in [-0.2, -0.15) is 0 Å². The van der Waals surface area contributed by atoms with Crippen molar-refractivity contribution in [2.45, 2.75) is 32.1 Å². The lowest BCUT2D eigenvalue weighted by atomic mass is 9.97. The maximum Gasteiger partial charge on any atom is 0.345 e. The van der Waals surface area contributed by atoms with Crippen molar-refractivity contribution in [3.8, 4) is 11.1 Å². The number of anilines is 3. The van der Waals surface area contributed by atoms with Gasteiger partial charge in [-0.05, 0) is 49.1 Å². The zero-order valence-corrected chi connectivity index (χ0v) is 17.5. The molecule has 0 saturated heterocycles. The molecule has 0 spiro atoms. The van der Waals surface area contributed by atoms with Crippen LogP contribution < -0.4 is 10.5 Å². The minimum atomic E-state index is -0.265. The highest BCUT2D eigenvalue weighted by Crippen LogP contribution is 2.43. The summed E-state index contributed by atoms with van der Waals surface area (Å²) in [6.45, 7) is 0. The Morgan fingerprint density at radius 1 is 0.645 bits per heavy atom. The Morgan fingerprint density at radius 3 is 1.81 bits per heavy atom. The molecule has 0 bridgehead atoms. The van der Waals surface area contributed by atoms with Gasteiger partial charge in [-0.3, -0.25) is 0 Å². The summed E-state index contributed by atoms with van der Waals surface area (Å²) >= 11 is 0. The summed E-state index contributed by atoms with van der Waals surface area (Å²) in [6, 6.07) is 30.5. The van der Waals surface area contributed by atoms with E-state index in [1.165, 1.54) is 0 Å². The number of rotatable bonds is 4. The zero-order valence-electron chi connectivity index (χ0n) is 17.5. The fraction of sp³-hybridized carbons (Fsp3) is 0.179. The molecule has 0 amide bonds. The second-order valence-electron chi connectivity index (χ2n) is 7.95. The van der Waals surface area contributed by atoms with Crippen LogP contribution in [0.25, 0.3) is 11.1 Å². The van der Waals surface area contributed by atoms with Crippen molar-refractivity contribution >= 4 is 17.1 Å². The molecule has 1 heterocycles. The minimum Gasteiger partial charge on any atom is -0.427 e. The van der Waals surface area contributed by atoms with Gasteiger partial charge in [0.05, 0.1) is 11.3 Å². The van der Waals surface area contributed by atoms with E-state index in [4.69, 9.17) is 4.42 Å². The van der Waals surface area contributed by atoms with Crippen LogP contribution in [0.2, 0.25) is 0 Å². The van der Waals surface area contributed by atoms with E-state index < -0.39 is 0 Å². The fourth-order valence-electron chi connectivity index (χ4n) is 4.50. The summed E-state index contributed by atoms with van der Waals surface area (Å²) in [5, 5.41) is 0. The summed E-state index contributed by atoms with van der Waals surface area (Å²) in [7, 11) is 0. The first-order valence-corrected chi connectivity index (χ1v) is 11.0. The first-order chi connectivity index (χ1) is 15.3. The molecule has 3 heteroatoms. The molecule has 4 aromatic rings. The standard InChI is InChI=1S/C28H25NO2/c30-28-26(21-13-5-1-6-14-21)27(24-19-11-4-12-20-25(24)31-28)29(22-15-7-2-8-16-22)23-17-9-3-10-18-23/h1-3,5-10,13-18H,4,11-12,19-20H2. The molecule has 0 saturated carbocycles. The van der Waals surface area contributed by atoms with Gasteiger partial charge in [-0.15, -0.1) is 0 Å². The molecule has 3 nitrogen and oxygen atoms in total. The van der Waals surface area contributed by atoms with E-state index >= 15 is 0 Å². The van der Waals surface area contributed by atoms with Crippen molar-refractivity contribution in [2.24, 2.45) is 0 Å². The molecule has 3 aromatic carbocycles. The smallest absolute Gasteiger partial charge is 0.345 e. The molecule has 1 aliphatic rings. The van der Waals surface area contributed by atoms with E-state index in [0.29, 0.717) is 5.56 Å². The second-order valence-corrected chi connectivity index (χ2v) is 7.95. The van der Waals surface area contributed by atoms with Gasteiger partial charge in [-0.1, -0.05) is 73.2 Å². The van der Waals surface area contributed by atoms with E-state index in [-0.39, 0.29) is 5.63 Å². The predicted octanol–water partition coefficient (Wildman–Crippen LogP) is 7.05. The van der Waals surface area contributed by atoms with Gasteiger partial charge >= 0.3 is 5.63 Å². The normalized spacial score (nSPS) is 13.3. The van der Waals surface area contributed by atoms with Crippen LogP contribution in [-0.4, -0.2) is 0 Å². The molecule has 1 aromatic heterocycles. The lowest BCUT2D eigenvalue weighted by Gasteiger charge is -2.30. The predicted molar refractivity (Wildman–Crippen MR) is 126 cm³/mol. The van der Waals surface area contributed by atoms with Gasteiger partial charge in [0.1, 0.15) is 5.76 Å². The van der Waals surface area contributed by atoms with Crippen LogP contribution in [0.1, 0.15) is 30.6 Å². The minimum absolute atomic E-state index is 0.265. The Balaban J connectivity index is 1.87. The van der Waals surface area contributed by atoms with Crippen LogP contribution in [0.5, 0.6) is 0 Å². The van der Waals surface area contributed by atoms with Crippen LogP contribution in [0.4, 0.5) is 17.1 Å². The summed E-state index contributed by atoms with van der Waals surface area (Å²) in [5.74, 6) is 0.842. The van der Waals surface area contributed by atoms with E-state index in [1.54, 1.807) is 0 Å². The van der Waals surface area contributed by atoms with E-state index in [0.717, 1.165) is 66.1 Å². The van der Waals surface area contributed by atoms with Crippen LogP contribution >= 0.6 is 0 Å². The zero-order chi connectivity index (χ0) is 21.0. The van der Waals surface area contributed by atoms with Crippen molar-refractivity contribution in [1.29, 1.82) is 0 Å². The Bertz CT molecular complexity index is 1180. The summed E-state index contributed by atoms with van der Waals surface area (Å²) in [4.78, 5) is 15.6. The number of para-hydroxylation sites is 2. The SMILES string of the molecule is O=c1oc2c(c(N(c3ccccc3)c3ccccc3)c1-c1ccccc1)CCCCC2. The van der Waals surface area contributed by atoms with Gasteiger partial charge in [-0.25, -0.2) is 4.79 Å². The highest BCUT2D eigenvalue weighted by molar-refractivity contribution is 5.89. The van der Waals surface area contributed by atoms with Crippen molar-refractivity contribution in [3.05, 3.63) is 113 Å². The van der Waals surface area contributed by atoms with Crippen molar-refractivity contribution in [3.63, 3.8) is 0 Å². The van der Waals surface area contributed by atoms with Crippen molar-refractivity contribution in [1.82, 2.24) is 0 Å². The first-order valence-electron chi connectivity index (χ1n) is 11.0. The molecular weight excluding hydrogens is 382 g/mol. The average molecular weight is 408 g/mol. The van der Waals surface area contributed by atoms with Gasteiger partial charge in [0.2, 0.25) is 0 Å². The highest BCUT2D eigenvalue weighted by atomic mass is 16.4.